The maximum absolute atomic E-state index is 8.50. The quantitative estimate of drug-likeness (QED) is 0.275. The van der Waals surface area contributed by atoms with Crippen LogP contribution in [-0.4, -0.2) is 11.4 Å². The lowest BCUT2D eigenvalue weighted by molar-refractivity contribution is 1.28. The molecular formula is C9H6BrCl2N3S. The van der Waals surface area contributed by atoms with Crippen LogP contribution in [0.3, 0.4) is 0 Å². The van der Waals surface area contributed by atoms with E-state index in [1.807, 2.05) is 6.26 Å². The van der Waals surface area contributed by atoms with Crippen LogP contribution < -0.4 is 5.32 Å². The highest BCUT2D eigenvalue weighted by Gasteiger charge is 2.08. The molecule has 0 unspecified atom stereocenters. The molecule has 16 heavy (non-hydrogen) atoms. The van der Waals surface area contributed by atoms with E-state index in [1.165, 1.54) is 11.8 Å². The van der Waals surface area contributed by atoms with Crippen LogP contribution in [0.2, 0.25) is 10.0 Å². The predicted molar refractivity (Wildman–Crippen MR) is 73.5 cm³/mol. The minimum absolute atomic E-state index is 0.416. The minimum atomic E-state index is 0.416. The molecule has 0 radical (unpaired) electrons. The lowest BCUT2D eigenvalue weighted by Crippen LogP contribution is -2.12. The van der Waals surface area contributed by atoms with Crippen LogP contribution in [0, 0.1) is 11.5 Å². The summed E-state index contributed by atoms with van der Waals surface area (Å²) in [6, 6.07) is 3.37. The van der Waals surface area contributed by atoms with Gasteiger partial charge in [-0.25, -0.2) is 4.99 Å². The van der Waals surface area contributed by atoms with Crippen LogP contribution in [0.1, 0.15) is 0 Å². The molecule has 3 nitrogen and oxygen atoms in total. The van der Waals surface area contributed by atoms with Crippen LogP contribution in [0.25, 0.3) is 0 Å². The Bertz CT molecular complexity index is 471. The Morgan fingerprint density at radius 1 is 1.56 bits per heavy atom. The van der Waals surface area contributed by atoms with Gasteiger partial charge in [0.05, 0.1) is 20.2 Å². The van der Waals surface area contributed by atoms with Crippen molar-refractivity contribution < 1.29 is 0 Å². The number of amidine groups is 1. The van der Waals surface area contributed by atoms with Crippen LogP contribution in [0.15, 0.2) is 21.6 Å². The van der Waals surface area contributed by atoms with Gasteiger partial charge in [0.15, 0.2) is 11.4 Å². The zero-order chi connectivity index (χ0) is 12.1. The molecule has 0 bridgehead atoms. The van der Waals surface area contributed by atoms with Crippen molar-refractivity contribution in [3.63, 3.8) is 0 Å². The first-order valence-corrected chi connectivity index (χ1v) is 6.78. The molecule has 0 aliphatic heterocycles. The molecule has 0 saturated carbocycles. The molecule has 1 aromatic carbocycles. The maximum atomic E-state index is 8.50. The number of hydrogen-bond donors (Lipinski definition) is 1. The maximum Gasteiger partial charge on any atom is 0.183 e. The van der Waals surface area contributed by atoms with Gasteiger partial charge in [0.1, 0.15) is 0 Å². The third-order valence-corrected chi connectivity index (χ3v) is 4.15. The van der Waals surface area contributed by atoms with E-state index in [-0.39, 0.29) is 0 Å². The Morgan fingerprint density at radius 3 is 2.81 bits per heavy atom. The van der Waals surface area contributed by atoms with Crippen molar-refractivity contribution in [3.8, 4) is 6.19 Å². The van der Waals surface area contributed by atoms with Gasteiger partial charge in [-0.1, -0.05) is 35.0 Å². The number of nitriles is 1. The molecule has 0 spiro atoms. The van der Waals surface area contributed by atoms with Crippen molar-refractivity contribution in [2.45, 2.75) is 0 Å². The predicted octanol–water partition coefficient (Wildman–Crippen LogP) is 4.18. The Labute approximate surface area is 116 Å². The van der Waals surface area contributed by atoms with Gasteiger partial charge in [0.2, 0.25) is 0 Å². The van der Waals surface area contributed by atoms with Crippen LogP contribution in [0.5, 0.6) is 0 Å². The average molecular weight is 339 g/mol. The summed E-state index contributed by atoms with van der Waals surface area (Å²) in [5, 5.41) is 12.4. The summed E-state index contributed by atoms with van der Waals surface area (Å²) < 4.78 is 0.592. The first-order chi connectivity index (χ1) is 7.60. The first kappa shape index (κ1) is 13.7. The van der Waals surface area contributed by atoms with E-state index in [0.717, 1.165) is 0 Å². The number of rotatable bonds is 1. The molecule has 0 aliphatic carbocycles. The van der Waals surface area contributed by atoms with Gasteiger partial charge in [0, 0.05) is 0 Å². The molecule has 0 amide bonds. The fourth-order valence-electron chi connectivity index (χ4n) is 0.884. The van der Waals surface area contributed by atoms with Crippen molar-refractivity contribution in [2.24, 2.45) is 4.99 Å². The monoisotopic (exact) mass is 337 g/mol. The summed E-state index contributed by atoms with van der Waals surface area (Å²) in [4.78, 5) is 4.19. The second kappa shape index (κ2) is 6.36. The lowest BCUT2D eigenvalue weighted by Gasteiger charge is -2.04. The van der Waals surface area contributed by atoms with E-state index in [9.17, 15) is 0 Å². The third-order valence-electron chi connectivity index (χ3n) is 1.59. The van der Waals surface area contributed by atoms with Crippen molar-refractivity contribution in [1.29, 1.82) is 5.26 Å². The topological polar surface area (TPSA) is 48.2 Å². The standard InChI is InChI=1S/C9H6BrCl2N3S/c1-16-9(14-4-13)15-6-3-2-5(11)7(10)8(6)12/h2-3H,1H3,(H,14,15). The number of hydrogen-bond acceptors (Lipinski definition) is 3. The van der Waals surface area contributed by atoms with E-state index in [2.05, 4.69) is 26.2 Å². The summed E-state index contributed by atoms with van der Waals surface area (Å²) >= 11 is 16.5. The Balaban J connectivity index is 3.15. The summed E-state index contributed by atoms with van der Waals surface area (Å²) in [5.41, 5.74) is 0.546. The van der Waals surface area contributed by atoms with E-state index in [0.29, 0.717) is 25.4 Å². The van der Waals surface area contributed by atoms with E-state index in [1.54, 1.807) is 18.3 Å². The number of halogens is 3. The largest absolute Gasteiger partial charge is 0.271 e. The van der Waals surface area contributed by atoms with E-state index in [4.69, 9.17) is 28.5 Å². The molecule has 0 aromatic heterocycles. The van der Waals surface area contributed by atoms with Gasteiger partial charge in [-0.05, 0) is 34.3 Å². The average Bonchev–Trinajstić information content (AvgIpc) is 2.29. The Morgan fingerprint density at radius 2 is 2.25 bits per heavy atom. The second-order valence-corrected chi connectivity index (χ2v) is 4.93. The van der Waals surface area contributed by atoms with Crippen LogP contribution in [0.4, 0.5) is 5.69 Å². The lowest BCUT2D eigenvalue weighted by atomic mass is 10.3. The molecule has 0 saturated heterocycles. The molecule has 1 aromatic rings. The fraction of sp³-hybridized carbons (Fsp3) is 0.111. The molecule has 0 atom stereocenters. The van der Waals surface area contributed by atoms with Crippen molar-refractivity contribution in [1.82, 2.24) is 5.32 Å². The van der Waals surface area contributed by atoms with Gasteiger partial charge in [0.25, 0.3) is 0 Å². The highest BCUT2D eigenvalue weighted by molar-refractivity contribution is 9.10. The smallest absolute Gasteiger partial charge is 0.183 e. The number of thioether (sulfide) groups is 1. The molecule has 1 N–H and O–H groups in total. The van der Waals surface area contributed by atoms with Gasteiger partial charge in [-0.15, -0.1) is 0 Å². The molecule has 7 heteroatoms. The Hall–Kier alpha value is -0.410. The normalized spacial score (nSPS) is 11.1. The third kappa shape index (κ3) is 3.29. The molecule has 84 valence electrons. The van der Waals surface area contributed by atoms with Crippen molar-refractivity contribution in [2.75, 3.05) is 6.26 Å². The highest BCUT2D eigenvalue weighted by atomic mass is 79.9. The van der Waals surface area contributed by atoms with Gasteiger partial charge in [-0.3, -0.25) is 5.32 Å². The van der Waals surface area contributed by atoms with Crippen molar-refractivity contribution in [3.05, 3.63) is 26.7 Å². The SMILES string of the molecule is CSC(=Nc1ccc(Cl)c(Br)c1Cl)NC#N. The van der Waals surface area contributed by atoms with Gasteiger partial charge in [-0.2, -0.15) is 5.26 Å². The molecule has 0 aliphatic rings. The van der Waals surface area contributed by atoms with Crippen LogP contribution >= 0.6 is 50.9 Å². The first-order valence-electron chi connectivity index (χ1n) is 4.01. The summed E-state index contributed by atoms with van der Waals surface area (Å²) in [7, 11) is 0. The van der Waals surface area contributed by atoms with Gasteiger partial charge >= 0.3 is 0 Å². The number of aliphatic imine (C=N–C) groups is 1. The molecule has 0 fully saturated rings. The summed E-state index contributed by atoms with van der Waals surface area (Å²) in [5.74, 6) is 0. The van der Waals surface area contributed by atoms with Crippen LogP contribution in [-0.2, 0) is 0 Å². The zero-order valence-electron chi connectivity index (χ0n) is 8.09. The highest BCUT2D eigenvalue weighted by Crippen LogP contribution is 2.37. The Kier molecular flexibility index (Phi) is 5.42. The number of nitrogens with zero attached hydrogens (tertiary/aromatic N) is 2. The van der Waals surface area contributed by atoms with E-state index < -0.39 is 0 Å². The van der Waals surface area contributed by atoms with Gasteiger partial charge < -0.3 is 0 Å². The zero-order valence-corrected chi connectivity index (χ0v) is 12.0. The number of nitrogens with one attached hydrogen (secondary N) is 1. The summed E-state index contributed by atoms with van der Waals surface area (Å²) in [6.07, 6.45) is 3.61. The summed E-state index contributed by atoms with van der Waals surface area (Å²) in [6.45, 7) is 0. The number of benzene rings is 1. The molecule has 0 heterocycles. The minimum Gasteiger partial charge on any atom is -0.271 e. The van der Waals surface area contributed by atoms with Crippen molar-refractivity contribution >= 4 is 61.7 Å². The molecular weight excluding hydrogens is 333 g/mol. The fourth-order valence-corrected chi connectivity index (χ4v) is 1.97. The molecule has 1 rings (SSSR count). The van der Waals surface area contributed by atoms with E-state index >= 15 is 0 Å². The second-order valence-electron chi connectivity index (χ2n) is 2.55.